The van der Waals surface area contributed by atoms with Gasteiger partial charge in [-0.1, -0.05) is 12.1 Å². The van der Waals surface area contributed by atoms with E-state index in [0.29, 0.717) is 65.7 Å². The van der Waals surface area contributed by atoms with E-state index in [-0.39, 0.29) is 5.91 Å². The minimum atomic E-state index is -0.570. The molecule has 0 bridgehead atoms. The summed E-state index contributed by atoms with van der Waals surface area (Å²) in [6.07, 6.45) is 1.42. The quantitative estimate of drug-likeness (QED) is 0.244. The fourth-order valence-corrected chi connectivity index (χ4v) is 5.04. The Labute approximate surface area is 253 Å². The average molecular weight is 592 g/mol. The van der Waals surface area contributed by atoms with Crippen molar-refractivity contribution in [3.8, 4) is 22.5 Å². The van der Waals surface area contributed by atoms with Crippen LogP contribution in [0.1, 0.15) is 10.4 Å². The number of morpholine rings is 1. The highest BCUT2D eigenvalue weighted by Gasteiger charge is 2.21. The molecule has 3 amide bonds. The number of halogens is 1. The van der Waals surface area contributed by atoms with Gasteiger partial charge in [0.25, 0.3) is 5.91 Å². The van der Waals surface area contributed by atoms with Crippen LogP contribution < -0.4 is 15.5 Å². The number of fused-ring (bicyclic) bond motifs is 1. The Bertz CT molecular complexity index is 1820. The first-order valence-electron chi connectivity index (χ1n) is 14.1. The summed E-state index contributed by atoms with van der Waals surface area (Å²) in [7, 11) is 3.37. The van der Waals surface area contributed by atoms with Crippen molar-refractivity contribution in [2.24, 2.45) is 0 Å². The maximum atomic E-state index is 14.8. The number of rotatable bonds is 6. The van der Waals surface area contributed by atoms with Gasteiger partial charge in [-0.25, -0.2) is 19.7 Å². The van der Waals surface area contributed by atoms with Crippen LogP contribution in [0.25, 0.3) is 33.4 Å². The minimum Gasteiger partial charge on any atom is -0.378 e. The molecule has 0 saturated carbocycles. The molecule has 2 N–H and O–H groups in total. The van der Waals surface area contributed by atoms with Gasteiger partial charge in [0.2, 0.25) is 5.95 Å². The van der Waals surface area contributed by atoms with Crippen molar-refractivity contribution in [3.63, 3.8) is 0 Å². The number of para-hydroxylation sites is 1. The van der Waals surface area contributed by atoms with E-state index in [9.17, 15) is 14.0 Å². The van der Waals surface area contributed by atoms with Gasteiger partial charge < -0.3 is 25.2 Å². The van der Waals surface area contributed by atoms with E-state index in [1.54, 1.807) is 62.6 Å². The number of carbonyl (C=O) groups excluding carboxylic acids is 2. The molecule has 1 saturated heterocycles. The highest BCUT2D eigenvalue weighted by molar-refractivity contribution is 6.02. The maximum absolute atomic E-state index is 14.8. The molecule has 3 heterocycles. The van der Waals surface area contributed by atoms with Crippen LogP contribution in [0.4, 0.5) is 26.4 Å². The van der Waals surface area contributed by atoms with Gasteiger partial charge in [0.15, 0.2) is 5.82 Å². The van der Waals surface area contributed by atoms with E-state index in [1.165, 1.54) is 11.1 Å². The molecule has 0 unspecified atom stereocenters. The highest BCUT2D eigenvalue weighted by atomic mass is 19.1. The third-order valence-corrected chi connectivity index (χ3v) is 7.26. The first-order valence-corrected chi connectivity index (χ1v) is 14.1. The maximum Gasteiger partial charge on any atom is 0.323 e. The molecule has 10 nitrogen and oxygen atoms in total. The van der Waals surface area contributed by atoms with Gasteiger partial charge in [0.1, 0.15) is 5.82 Å². The lowest BCUT2D eigenvalue weighted by Gasteiger charge is -2.29. The predicted molar refractivity (Wildman–Crippen MR) is 168 cm³/mol. The van der Waals surface area contributed by atoms with Crippen LogP contribution in [0, 0.1) is 5.95 Å². The van der Waals surface area contributed by atoms with Crippen LogP contribution >= 0.6 is 0 Å². The minimum absolute atomic E-state index is 0.117. The Kier molecular flexibility index (Phi) is 8.11. The molecule has 0 aliphatic carbocycles. The van der Waals surface area contributed by atoms with Crippen LogP contribution in [0.5, 0.6) is 0 Å². The predicted octanol–water partition coefficient (Wildman–Crippen LogP) is 5.68. The van der Waals surface area contributed by atoms with Crippen molar-refractivity contribution in [2.75, 3.05) is 55.9 Å². The number of nitrogens with zero attached hydrogens (tertiary/aromatic N) is 5. The molecule has 11 heteroatoms. The third kappa shape index (κ3) is 6.04. The van der Waals surface area contributed by atoms with Gasteiger partial charge >= 0.3 is 6.03 Å². The highest BCUT2D eigenvalue weighted by Crippen LogP contribution is 2.35. The van der Waals surface area contributed by atoms with E-state index in [0.717, 1.165) is 16.8 Å². The third-order valence-electron chi connectivity index (χ3n) is 7.26. The number of pyridine rings is 1. The largest absolute Gasteiger partial charge is 0.378 e. The molecule has 3 aromatic carbocycles. The Hall–Kier alpha value is -5.42. The summed E-state index contributed by atoms with van der Waals surface area (Å²) in [5.41, 5.74) is 3.98. The molecule has 222 valence electrons. The fourth-order valence-electron chi connectivity index (χ4n) is 5.04. The molecule has 1 fully saturated rings. The first-order chi connectivity index (χ1) is 21.4. The molecule has 0 spiro atoms. The van der Waals surface area contributed by atoms with Crippen molar-refractivity contribution < 1.29 is 18.7 Å². The Balaban J connectivity index is 1.27. The van der Waals surface area contributed by atoms with Crippen LogP contribution in [0.2, 0.25) is 0 Å². The van der Waals surface area contributed by atoms with Gasteiger partial charge in [-0.3, -0.25) is 4.79 Å². The van der Waals surface area contributed by atoms with Crippen LogP contribution in [-0.4, -0.2) is 72.2 Å². The molecular formula is C33H30FN7O3. The Morgan fingerprint density at radius 2 is 1.50 bits per heavy atom. The van der Waals surface area contributed by atoms with Crippen molar-refractivity contribution in [2.45, 2.75) is 0 Å². The molecule has 6 rings (SSSR count). The summed E-state index contributed by atoms with van der Waals surface area (Å²) in [6.45, 7) is 2.50. The van der Waals surface area contributed by atoms with Crippen molar-refractivity contribution in [1.29, 1.82) is 0 Å². The van der Waals surface area contributed by atoms with Crippen LogP contribution in [-0.2, 0) is 4.74 Å². The zero-order chi connectivity index (χ0) is 30.6. The number of urea groups is 1. The molecule has 44 heavy (non-hydrogen) atoms. The van der Waals surface area contributed by atoms with Crippen molar-refractivity contribution in [3.05, 3.63) is 96.6 Å². The molecule has 0 radical (unpaired) electrons. The Morgan fingerprint density at radius 1 is 0.841 bits per heavy atom. The van der Waals surface area contributed by atoms with Gasteiger partial charge in [-0.2, -0.15) is 4.39 Å². The second-order valence-electron chi connectivity index (χ2n) is 10.4. The first kappa shape index (κ1) is 28.7. The van der Waals surface area contributed by atoms with E-state index < -0.39 is 12.0 Å². The van der Waals surface area contributed by atoms with Crippen molar-refractivity contribution in [1.82, 2.24) is 19.9 Å². The van der Waals surface area contributed by atoms with E-state index in [2.05, 4.69) is 20.5 Å². The summed E-state index contributed by atoms with van der Waals surface area (Å²) in [5, 5.41) is 6.40. The summed E-state index contributed by atoms with van der Waals surface area (Å²) in [6, 6.07) is 22.5. The topological polar surface area (TPSA) is 113 Å². The molecule has 0 atom stereocenters. The summed E-state index contributed by atoms with van der Waals surface area (Å²) < 4.78 is 20.4. The number of anilines is 3. The SMILES string of the molecule is CN(C)C(=O)c1ccc(NC(=O)Nc2ccc(-c3nc(N4CCOCC4)c4cccc(-c5cccnc5F)c4n3)cc2)cc1. The molecule has 5 aromatic rings. The molecule has 1 aliphatic heterocycles. The fraction of sp³-hybridized carbons (Fsp3) is 0.182. The van der Waals surface area contributed by atoms with Gasteiger partial charge in [-0.15, -0.1) is 0 Å². The summed E-state index contributed by atoms with van der Waals surface area (Å²) >= 11 is 0. The van der Waals surface area contributed by atoms with Gasteiger partial charge in [0.05, 0.1) is 18.7 Å². The van der Waals surface area contributed by atoms with Crippen molar-refractivity contribution >= 4 is 40.0 Å². The Morgan fingerprint density at radius 3 is 2.16 bits per heavy atom. The van der Waals surface area contributed by atoms with Gasteiger partial charge in [0, 0.05) is 72.4 Å². The zero-order valence-electron chi connectivity index (χ0n) is 24.3. The number of aromatic nitrogens is 3. The lowest BCUT2D eigenvalue weighted by molar-refractivity contribution is 0.0827. The molecule has 1 aliphatic rings. The van der Waals surface area contributed by atoms with E-state index in [1.807, 2.05) is 30.3 Å². The standard InChI is InChI=1S/C33H30FN7O3/c1-40(2)32(42)22-10-14-24(15-11-22)37-33(43)36-23-12-8-21(9-13-23)30-38-28-25(26-7-4-16-35-29(26)34)5-3-6-27(28)31(39-30)41-17-19-44-20-18-41/h3-16H,17-20H2,1-2H3,(H2,36,37,43). The number of hydrogen-bond donors (Lipinski definition) is 2. The zero-order valence-corrected chi connectivity index (χ0v) is 24.3. The lowest BCUT2D eigenvalue weighted by Crippen LogP contribution is -2.37. The van der Waals surface area contributed by atoms with Gasteiger partial charge in [-0.05, 0) is 66.7 Å². The van der Waals surface area contributed by atoms with E-state index in [4.69, 9.17) is 14.7 Å². The lowest BCUT2D eigenvalue weighted by atomic mass is 10.0. The number of hydrogen-bond acceptors (Lipinski definition) is 7. The molecule has 2 aromatic heterocycles. The second kappa shape index (κ2) is 12.4. The number of benzene rings is 3. The molecular weight excluding hydrogens is 561 g/mol. The number of ether oxygens (including phenoxy) is 1. The summed E-state index contributed by atoms with van der Waals surface area (Å²) in [5.74, 6) is 0.534. The summed E-state index contributed by atoms with van der Waals surface area (Å²) in [4.78, 5) is 42.1. The number of amides is 3. The number of nitrogens with one attached hydrogen (secondary N) is 2. The monoisotopic (exact) mass is 591 g/mol. The second-order valence-corrected chi connectivity index (χ2v) is 10.4. The van der Waals surface area contributed by atoms with Crippen LogP contribution in [0.3, 0.4) is 0 Å². The normalized spacial score (nSPS) is 13.0. The van der Waals surface area contributed by atoms with E-state index >= 15 is 0 Å². The van der Waals surface area contributed by atoms with Crippen LogP contribution in [0.15, 0.2) is 85.1 Å². The average Bonchev–Trinajstić information content (AvgIpc) is 3.05. The smallest absolute Gasteiger partial charge is 0.323 e. The number of carbonyl (C=O) groups is 2.